The van der Waals surface area contributed by atoms with Crippen molar-refractivity contribution in [1.29, 1.82) is 0 Å². The summed E-state index contributed by atoms with van der Waals surface area (Å²) in [6.45, 7) is 3.80. The fourth-order valence-electron chi connectivity index (χ4n) is 2.26. The first-order valence-corrected chi connectivity index (χ1v) is 6.52. The van der Waals surface area contributed by atoms with E-state index in [2.05, 4.69) is 4.74 Å². The topological polar surface area (TPSA) is 75.9 Å². The number of anilines is 1. The van der Waals surface area contributed by atoms with Gasteiger partial charge in [-0.3, -0.25) is 4.79 Å². The van der Waals surface area contributed by atoms with Crippen LogP contribution in [0.4, 0.5) is 10.5 Å². The summed E-state index contributed by atoms with van der Waals surface area (Å²) in [5.41, 5.74) is 7.89. The number of amides is 2. The van der Waals surface area contributed by atoms with Crippen LogP contribution in [0.1, 0.15) is 15.9 Å². The number of benzene rings is 1. The Kier molecular flexibility index (Phi) is 4.12. The summed E-state index contributed by atoms with van der Waals surface area (Å²) < 4.78 is 4.67. The van der Waals surface area contributed by atoms with Gasteiger partial charge in [0.2, 0.25) is 0 Å². The number of aryl methyl sites for hydroxylation is 1. The van der Waals surface area contributed by atoms with Crippen molar-refractivity contribution in [3.63, 3.8) is 0 Å². The zero-order valence-corrected chi connectivity index (χ0v) is 11.8. The van der Waals surface area contributed by atoms with Gasteiger partial charge in [0, 0.05) is 31.9 Å². The first-order chi connectivity index (χ1) is 9.54. The lowest BCUT2D eigenvalue weighted by molar-refractivity contribution is 0.0600. The minimum Gasteiger partial charge on any atom is -0.453 e. The van der Waals surface area contributed by atoms with Gasteiger partial charge in [-0.25, -0.2) is 4.79 Å². The Morgan fingerprint density at radius 3 is 2.35 bits per heavy atom. The highest BCUT2D eigenvalue weighted by molar-refractivity contribution is 5.99. The van der Waals surface area contributed by atoms with Crippen LogP contribution in [0.25, 0.3) is 0 Å². The summed E-state index contributed by atoms with van der Waals surface area (Å²) in [6, 6.07) is 5.43. The van der Waals surface area contributed by atoms with E-state index in [9.17, 15) is 9.59 Å². The van der Waals surface area contributed by atoms with Crippen LogP contribution in [0.5, 0.6) is 0 Å². The molecule has 1 aliphatic rings. The van der Waals surface area contributed by atoms with Crippen LogP contribution in [0.2, 0.25) is 0 Å². The number of para-hydroxylation sites is 1. The lowest BCUT2D eigenvalue weighted by atomic mass is 10.1. The van der Waals surface area contributed by atoms with Crippen molar-refractivity contribution in [2.45, 2.75) is 6.92 Å². The molecule has 0 unspecified atom stereocenters. The minimum absolute atomic E-state index is 0.0873. The van der Waals surface area contributed by atoms with Gasteiger partial charge in [-0.15, -0.1) is 0 Å². The van der Waals surface area contributed by atoms with Crippen molar-refractivity contribution >= 4 is 17.7 Å². The molecule has 0 atom stereocenters. The Morgan fingerprint density at radius 2 is 1.75 bits per heavy atom. The van der Waals surface area contributed by atoms with Crippen LogP contribution >= 0.6 is 0 Å². The Hall–Kier alpha value is -2.24. The zero-order chi connectivity index (χ0) is 14.7. The van der Waals surface area contributed by atoms with Gasteiger partial charge in [0.1, 0.15) is 0 Å². The summed E-state index contributed by atoms with van der Waals surface area (Å²) in [5, 5.41) is 0. The second-order valence-electron chi connectivity index (χ2n) is 4.79. The van der Waals surface area contributed by atoms with E-state index in [0.29, 0.717) is 37.4 Å². The standard InChI is InChI=1S/C14H19N3O3/c1-10-4-3-5-11(12(10)15)13(18)16-6-8-17(9-7-16)14(19)20-2/h3-5H,6-9,15H2,1-2H3. The molecule has 6 heteroatoms. The lowest BCUT2D eigenvalue weighted by Crippen LogP contribution is -2.50. The molecule has 0 bridgehead atoms. The predicted octanol–water partition coefficient (Wildman–Crippen LogP) is 1.10. The number of methoxy groups -OCH3 is 1. The molecule has 0 radical (unpaired) electrons. The molecule has 0 aliphatic carbocycles. The van der Waals surface area contributed by atoms with E-state index in [1.807, 2.05) is 19.1 Å². The SMILES string of the molecule is COC(=O)N1CCN(C(=O)c2cccc(C)c2N)CC1. The molecule has 1 fully saturated rings. The molecule has 1 saturated heterocycles. The van der Waals surface area contributed by atoms with Gasteiger partial charge < -0.3 is 20.3 Å². The molecule has 2 N–H and O–H groups in total. The van der Waals surface area contributed by atoms with Crippen molar-refractivity contribution in [3.05, 3.63) is 29.3 Å². The Morgan fingerprint density at radius 1 is 1.15 bits per heavy atom. The first-order valence-electron chi connectivity index (χ1n) is 6.52. The van der Waals surface area contributed by atoms with E-state index in [-0.39, 0.29) is 12.0 Å². The number of rotatable bonds is 1. The van der Waals surface area contributed by atoms with Gasteiger partial charge >= 0.3 is 6.09 Å². The maximum absolute atomic E-state index is 12.4. The summed E-state index contributed by atoms with van der Waals surface area (Å²) in [5.74, 6) is -0.0873. The van der Waals surface area contributed by atoms with Crippen LogP contribution < -0.4 is 5.73 Å². The average Bonchev–Trinajstić information content (AvgIpc) is 2.48. The largest absolute Gasteiger partial charge is 0.453 e. The molecule has 0 spiro atoms. The van der Waals surface area contributed by atoms with Crippen LogP contribution in [-0.4, -0.2) is 55.1 Å². The second kappa shape index (κ2) is 5.81. The Balaban J connectivity index is 2.05. The van der Waals surface area contributed by atoms with E-state index in [1.165, 1.54) is 7.11 Å². The normalized spacial score (nSPS) is 15.1. The van der Waals surface area contributed by atoms with Crippen LogP contribution in [-0.2, 0) is 4.74 Å². The number of nitrogens with zero attached hydrogens (tertiary/aromatic N) is 2. The van der Waals surface area contributed by atoms with Crippen molar-refractivity contribution in [3.8, 4) is 0 Å². The molecule has 0 aromatic heterocycles. The highest BCUT2D eigenvalue weighted by atomic mass is 16.5. The van der Waals surface area contributed by atoms with E-state index >= 15 is 0 Å². The van der Waals surface area contributed by atoms with Crippen LogP contribution in [0.15, 0.2) is 18.2 Å². The number of piperazine rings is 1. The fraction of sp³-hybridized carbons (Fsp3) is 0.429. The molecule has 6 nitrogen and oxygen atoms in total. The van der Waals surface area contributed by atoms with E-state index in [0.717, 1.165) is 5.56 Å². The maximum Gasteiger partial charge on any atom is 0.409 e. The quantitative estimate of drug-likeness (QED) is 0.780. The third-order valence-electron chi connectivity index (χ3n) is 3.55. The molecule has 1 aromatic carbocycles. The highest BCUT2D eigenvalue weighted by Gasteiger charge is 2.26. The first kappa shape index (κ1) is 14.2. The van der Waals surface area contributed by atoms with Crippen molar-refractivity contribution < 1.29 is 14.3 Å². The minimum atomic E-state index is -0.354. The third kappa shape index (κ3) is 2.68. The number of ether oxygens (including phenoxy) is 1. The summed E-state index contributed by atoms with van der Waals surface area (Å²) in [7, 11) is 1.35. The van der Waals surface area contributed by atoms with Gasteiger partial charge in [-0.2, -0.15) is 0 Å². The molecule has 2 rings (SSSR count). The van der Waals surface area contributed by atoms with Gasteiger partial charge in [-0.05, 0) is 18.6 Å². The Labute approximate surface area is 118 Å². The molecule has 1 aliphatic heterocycles. The van der Waals surface area contributed by atoms with E-state index < -0.39 is 0 Å². The monoisotopic (exact) mass is 277 g/mol. The van der Waals surface area contributed by atoms with Gasteiger partial charge in [0.05, 0.1) is 12.7 Å². The number of nitrogen functional groups attached to an aromatic ring is 1. The average molecular weight is 277 g/mol. The lowest BCUT2D eigenvalue weighted by Gasteiger charge is -2.34. The summed E-state index contributed by atoms with van der Waals surface area (Å²) in [4.78, 5) is 27.1. The molecule has 108 valence electrons. The molecular formula is C14H19N3O3. The molecular weight excluding hydrogens is 258 g/mol. The number of hydrogen-bond acceptors (Lipinski definition) is 4. The smallest absolute Gasteiger partial charge is 0.409 e. The second-order valence-corrected chi connectivity index (χ2v) is 4.79. The molecule has 20 heavy (non-hydrogen) atoms. The van der Waals surface area contributed by atoms with E-state index in [4.69, 9.17) is 5.73 Å². The van der Waals surface area contributed by atoms with Gasteiger partial charge in [0.15, 0.2) is 0 Å². The van der Waals surface area contributed by atoms with Gasteiger partial charge in [-0.1, -0.05) is 12.1 Å². The Bertz CT molecular complexity index is 522. The zero-order valence-electron chi connectivity index (χ0n) is 11.8. The number of carbonyl (C=O) groups is 2. The van der Waals surface area contributed by atoms with Crippen molar-refractivity contribution in [2.24, 2.45) is 0 Å². The third-order valence-corrected chi connectivity index (χ3v) is 3.55. The summed E-state index contributed by atoms with van der Waals surface area (Å²) in [6.07, 6.45) is -0.354. The van der Waals surface area contributed by atoms with Crippen LogP contribution in [0, 0.1) is 6.92 Å². The number of nitrogens with two attached hydrogens (primary N) is 1. The van der Waals surface area contributed by atoms with Crippen molar-refractivity contribution in [1.82, 2.24) is 9.80 Å². The molecule has 0 saturated carbocycles. The summed E-state index contributed by atoms with van der Waals surface area (Å²) >= 11 is 0. The number of carbonyl (C=O) groups excluding carboxylic acids is 2. The van der Waals surface area contributed by atoms with E-state index in [1.54, 1.807) is 15.9 Å². The fourth-order valence-corrected chi connectivity index (χ4v) is 2.26. The van der Waals surface area contributed by atoms with Crippen molar-refractivity contribution in [2.75, 3.05) is 39.0 Å². The maximum atomic E-state index is 12.4. The molecule has 1 aromatic rings. The highest BCUT2D eigenvalue weighted by Crippen LogP contribution is 2.19. The number of hydrogen-bond donors (Lipinski definition) is 1. The predicted molar refractivity (Wildman–Crippen MR) is 75.5 cm³/mol. The molecule has 1 heterocycles. The molecule has 2 amide bonds. The van der Waals surface area contributed by atoms with Crippen LogP contribution in [0.3, 0.4) is 0 Å². The van der Waals surface area contributed by atoms with Gasteiger partial charge in [0.25, 0.3) is 5.91 Å².